The number of rotatable bonds is 17. The summed E-state index contributed by atoms with van der Waals surface area (Å²) >= 11 is 1.88. The molecule has 6 unspecified atom stereocenters. The highest BCUT2D eigenvalue weighted by atomic mass is 32.1. The molecule has 660 valence electrons. The number of imidazole rings is 1. The topological polar surface area (TPSA) is 18.7 Å². The van der Waals surface area contributed by atoms with Gasteiger partial charge in [-0.15, -0.1) is 11.3 Å². The quantitative estimate of drug-likeness (QED) is 0.0809. The maximum atomic E-state index is 2.74. The average Bonchev–Trinajstić information content (AvgIpc) is 1.49. The fourth-order valence-electron chi connectivity index (χ4n) is 26.4. The molecule has 0 saturated carbocycles. The molecule has 4 nitrogen and oxygen atoms in total. The SMILES string of the molecule is CCC(CC(CC(C)c1cccc(-n2c3ccccc3c3cc(-c4ccc5sc6ccc(-c7cccc(-n8c9ccccc9c9ccccc98)c7)cc6c5c4)ccc32)c1)c1ccc2c(c1)C1(C3=C2C(c2c(C)cc(C)cc2C)C=C3)c2ccccc2-c2n(-c3c(C)cc(C)cc3C)cc[n+]21)c1cccc(C2c3ccccc3-c3cc(-c4cccc(C5c6ccccc6-c6ccccc65)c4)ccc32)c1. The van der Waals surface area contributed by atoms with Crippen molar-refractivity contribution in [2.24, 2.45) is 0 Å². The van der Waals surface area contributed by atoms with E-state index in [1.54, 1.807) is 0 Å². The van der Waals surface area contributed by atoms with Gasteiger partial charge in [0.15, 0.2) is 5.54 Å². The first-order chi connectivity index (χ1) is 67.7. The molecule has 0 bridgehead atoms. The van der Waals surface area contributed by atoms with E-state index in [4.69, 9.17) is 0 Å². The Morgan fingerprint density at radius 2 is 0.833 bits per heavy atom. The third-order valence-electron chi connectivity index (χ3n) is 32.2. The second-order valence-corrected chi connectivity index (χ2v) is 41.3. The highest BCUT2D eigenvalue weighted by Gasteiger charge is 2.60. The third-order valence-corrected chi connectivity index (χ3v) is 33.4. The molecule has 22 aromatic rings. The largest absolute Gasteiger partial charge is 0.309 e. The molecule has 6 atom stereocenters. The Morgan fingerprint density at radius 3 is 1.48 bits per heavy atom. The zero-order valence-corrected chi connectivity index (χ0v) is 79.8. The Morgan fingerprint density at radius 1 is 0.348 bits per heavy atom. The van der Waals surface area contributed by atoms with Crippen LogP contribution in [0.25, 0.3) is 153 Å². The van der Waals surface area contributed by atoms with Gasteiger partial charge in [0.1, 0.15) is 18.1 Å². The van der Waals surface area contributed by atoms with E-state index in [2.05, 4.69) is 480 Å². The number of allylic oxidation sites excluding steroid dienone is 4. The minimum absolute atomic E-state index is 0.0757. The number of para-hydroxylation sites is 3. The lowest BCUT2D eigenvalue weighted by Gasteiger charge is -2.30. The van der Waals surface area contributed by atoms with E-state index in [0.29, 0.717) is 0 Å². The number of thiophene rings is 1. The van der Waals surface area contributed by atoms with E-state index in [0.717, 1.165) is 24.9 Å². The van der Waals surface area contributed by atoms with Crippen molar-refractivity contribution in [3.63, 3.8) is 0 Å². The van der Waals surface area contributed by atoms with Crippen molar-refractivity contribution in [1.82, 2.24) is 13.7 Å². The first-order valence-corrected chi connectivity index (χ1v) is 50.3. The Bertz CT molecular complexity index is 8840. The summed E-state index contributed by atoms with van der Waals surface area (Å²) in [5, 5.41) is 7.60. The second-order valence-electron chi connectivity index (χ2n) is 40.2. The monoisotopic (exact) mass is 1790 g/mol. The molecule has 0 amide bonds. The normalized spacial score (nSPS) is 16.1. The van der Waals surface area contributed by atoms with Crippen molar-refractivity contribution < 1.29 is 4.57 Å². The van der Waals surface area contributed by atoms with Crippen molar-refractivity contribution in [1.29, 1.82) is 0 Å². The molecule has 18 aromatic carbocycles. The smallest absolute Gasteiger partial charge is 0.295 e. The minimum Gasteiger partial charge on any atom is -0.309 e. The van der Waals surface area contributed by atoms with E-state index >= 15 is 0 Å². The summed E-state index contributed by atoms with van der Waals surface area (Å²) in [7, 11) is 0. The van der Waals surface area contributed by atoms with Gasteiger partial charge in [-0.25, -0.2) is 4.57 Å². The van der Waals surface area contributed by atoms with Gasteiger partial charge in [0, 0.05) is 87.5 Å². The molecule has 0 saturated heterocycles. The standard InChI is InChI=1S/C133H103N4S/c1-9-86(88-29-24-32-96(70-88)129-109-44-15-12-38-103(109)114-74-91(50-55-110(114)129)89-30-25-33-97(71-89)128-107-42-13-10-36-101(107)102-37-11-14-43-108(102)128)69-98(95-51-56-111-120(78-95)133(119-58-57-113(130(111)119)127-82(5)64-79(2)65-83(127)6)118-46-20-16-45-112(118)132-134(62-63-135(132)133)131-84(7)66-80(3)67-85(131)8)68-81(4)87-28-26-34-99(72-87)137-123-49-23-19-41-106(123)115-75-92(52-59-124(115)137)94-54-61-126-117(77-94)116-76-93(53-60-125(116)138-126)90-31-27-35-100(73-90)136-121-47-21-17-39-104(121)105-40-18-22-48-122(105)136/h10-67,70-78,81,86,98,113,128-129H,9,68-69H2,1-8H3/q+1. The van der Waals surface area contributed by atoms with Gasteiger partial charge in [-0.3, -0.25) is 0 Å². The zero-order valence-electron chi connectivity index (χ0n) is 79.0. The van der Waals surface area contributed by atoms with Crippen LogP contribution in [-0.2, 0) is 5.54 Å². The van der Waals surface area contributed by atoms with Gasteiger partial charge >= 0.3 is 0 Å². The molecular weight excluding hydrogens is 1690 g/mol. The number of hydrogen-bond acceptors (Lipinski definition) is 1. The second kappa shape index (κ2) is 31.8. The van der Waals surface area contributed by atoms with Crippen molar-refractivity contribution in [3.05, 3.63) is 518 Å². The molecule has 5 aliphatic rings. The Balaban J connectivity index is 0.561. The van der Waals surface area contributed by atoms with Crippen LogP contribution in [0.4, 0.5) is 0 Å². The number of benzene rings is 18. The van der Waals surface area contributed by atoms with Crippen LogP contribution in [0.3, 0.4) is 0 Å². The predicted molar refractivity (Wildman–Crippen MR) is 578 cm³/mol. The average molecular weight is 1790 g/mol. The maximum Gasteiger partial charge on any atom is 0.295 e. The molecule has 1 aliphatic heterocycles. The summed E-state index contributed by atoms with van der Waals surface area (Å²) in [5.41, 5.74) is 50.2. The number of aryl methyl sites for hydroxylation is 6. The number of aromatic nitrogens is 4. The first kappa shape index (κ1) is 82.0. The molecule has 0 fully saturated rings. The Kier molecular flexibility index (Phi) is 18.9. The van der Waals surface area contributed by atoms with Gasteiger partial charge in [0.05, 0.1) is 27.6 Å². The molecule has 0 N–H and O–H groups in total. The van der Waals surface area contributed by atoms with Crippen LogP contribution >= 0.6 is 11.3 Å². The summed E-state index contributed by atoms with van der Waals surface area (Å²) in [6.45, 7) is 18.7. The van der Waals surface area contributed by atoms with Gasteiger partial charge in [-0.2, -0.15) is 4.57 Å². The summed E-state index contributed by atoms with van der Waals surface area (Å²) in [6, 6.07) is 148. The van der Waals surface area contributed by atoms with E-state index in [-0.39, 0.29) is 35.5 Å². The first-order valence-electron chi connectivity index (χ1n) is 49.5. The zero-order chi connectivity index (χ0) is 92.2. The van der Waals surface area contributed by atoms with Gasteiger partial charge in [0.25, 0.3) is 5.82 Å². The van der Waals surface area contributed by atoms with Crippen LogP contribution in [0.2, 0.25) is 0 Å². The summed E-state index contributed by atoms with van der Waals surface area (Å²) in [5.74, 6) is 2.09. The summed E-state index contributed by atoms with van der Waals surface area (Å²) < 4.78 is 12.8. The van der Waals surface area contributed by atoms with Gasteiger partial charge < -0.3 is 9.13 Å². The van der Waals surface area contributed by atoms with Gasteiger partial charge in [-0.1, -0.05) is 322 Å². The van der Waals surface area contributed by atoms with Crippen LogP contribution in [0.1, 0.15) is 174 Å². The number of fused-ring (bicyclic) bond motifs is 24. The highest BCUT2D eigenvalue weighted by molar-refractivity contribution is 7.25. The minimum atomic E-state index is -0.662. The van der Waals surface area contributed by atoms with Crippen LogP contribution < -0.4 is 4.57 Å². The lowest BCUT2D eigenvalue weighted by Crippen LogP contribution is -2.54. The maximum absolute atomic E-state index is 2.74. The number of nitrogens with zero attached hydrogens (tertiary/aromatic N) is 4. The molecule has 4 aromatic heterocycles. The van der Waals surface area contributed by atoms with Crippen molar-refractivity contribution in [2.45, 2.75) is 116 Å². The highest BCUT2D eigenvalue weighted by Crippen LogP contribution is 2.62. The molecular formula is C133H103N4S+. The lowest BCUT2D eigenvalue weighted by molar-refractivity contribution is -0.717. The molecule has 5 heteroatoms. The van der Waals surface area contributed by atoms with Gasteiger partial charge in [0.2, 0.25) is 0 Å². The molecule has 5 heterocycles. The summed E-state index contributed by atoms with van der Waals surface area (Å²) in [6.07, 6.45) is 12.8. The third kappa shape index (κ3) is 12.5. The van der Waals surface area contributed by atoms with Crippen LogP contribution in [0, 0.1) is 41.5 Å². The Labute approximate surface area is 810 Å². The van der Waals surface area contributed by atoms with Crippen LogP contribution in [0.5, 0.6) is 0 Å². The predicted octanol–water partition coefficient (Wildman–Crippen LogP) is 34.3. The van der Waals surface area contributed by atoms with Crippen LogP contribution in [-0.4, -0.2) is 13.7 Å². The fourth-order valence-corrected chi connectivity index (χ4v) is 27.5. The molecule has 1 spiro atoms. The van der Waals surface area contributed by atoms with E-state index in [1.807, 2.05) is 11.3 Å². The van der Waals surface area contributed by atoms with Crippen LogP contribution in [0.15, 0.2) is 412 Å². The fraction of sp³-hybridized carbons (Fsp3) is 0.135. The molecule has 0 radical (unpaired) electrons. The molecule has 27 rings (SSSR count). The lowest BCUT2D eigenvalue weighted by atomic mass is 9.75. The molecule has 138 heavy (non-hydrogen) atoms. The number of hydrogen-bond donors (Lipinski definition) is 0. The summed E-state index contributed by atoms with van der Waals surface area (Å²) in [4.78, 5) is 0. The van der Waals surface area contributed by atoms with E-state index in [1.165, 1.54) is 259 Å². The van der Waals surface area contributed by atoms with E-state index in [9.17, 15) is 0 Å². The molecule has 4 aliphatic carbocycles. The van der Waals surface area contributed by atoms with Crippen molar-refractivity contribution >= 4 is 80.7 Å². The van der Waals surface area contributed by atoms with Gasteiger partial charge in [-0.05, 0) is 320 Å². The van der Waals surface area contributed by atoms with Crippen molar-refractivity contribution in [2.75, 3.05) is 0 Å². The van der Waals surface area contributed by atoms with Crippen molar-refractivity contribution in [3.8, 4) is 84.1 Å². The van der Waals surface area contributed by atoms with E-state index < -0.39 is 5.54 Å². The Hall–Kier alpha value is -15.5.